The summed E-state index contributed by atoms with van der Waals surface area (Å²) in [7, 11) is 0. The molecule has 6 heteroatoms. The summed E-state index contributed by atoms with van der Waals surface area (Å²) < 4.78 is 0. The molecule has 1 saturated carbocycles. The van der Waals surface area contributed by atoms with Crippen LogP contribution >= 0.6 is 35.4 Å². The van der Waals surface area contributed by atoms with Gasteiger partial charge in [0, 0.05) is 5.02 Å². The molecule has 0 aliphatic heterocycles. The van der Waals surface area contributed by atoms with Crippen molar-refractivity contribution in [3.05, 3.63) is 33.8 Å². The highest BCUT2D eigenvalue weighted by Gasteiger charge is 2.34. The van der Waals surface area contributed by atoms with E-state index in [9.17, 15) is 4.79 Å². The van der Waals surface area contributed by atoms with Crippen LogP contribution in [-0.2, 0) is 0 Å². The lowest BCUT2D eigenvalue weighted by Crippen LogP contribution is -2.45. The highest BCUT2D eigenvalue weighted by atomic mass is 35.5. The summed E-state index contributed by atoms with van der Waals surface area (Å²) in [5.74, 6) is 0.0823. The van der Waals surface area contributed by atoms with Crippen molar-refractivity contribution in [2.24, 2.45) is 11.7 Å². The van der Waals surface area contributed by atoms with E-state index in [1.165, 1.54) is 6.07 Å². The van der Waals surface area contributed by atoms with Crippen molar-refractivity contribution in [2.75, 3.05) is 0 Å². The van der Waals surface area contributed by atoms with Crippen LogP contribution in [0.5, 0.6) is 0 Å². The molecule has 0 aromatic heterocycles. The smallest absolute Gasteiger partial charge is 0.253 e. The van der Waals surface area contributed by atoms with Crippen molar-refractivity contribution in [1.29, 1.82) is 0 Å². The Hall–Kier alpha value is -0.840. The van der Waals surface area contributed by atoms with E-state index in [0.29, 0.717) is 26.5 Å². The second-order valence-electron chi connectivity index (χ2n) is 4.32. The monoisotopic (exact) mass is 302 g/mol. The zero-order valence-corrected chi connectivity index (χ0v) is 11.8. The van der Waals surface area contributed by atoms with E-state index >= 15 is 0 Å². The normalized spacial score (nSPS) is 16.1. The number of nitrogens with two attached hydrogens (primary N) is 1. The highest BCUT2D eigenvalue weighted by molar-refractivity contribution is 7.80. The van der Waals surface area contributed by atoms with Gasteiger partial charge < -0.3 is 11.1 Å². The molecule has 0 radical (unpaired) electrons. The third-order valence-corrected chi connectivity index (χ3v) is 3.66. The van der Waals surface area contributed by atoms with Gasteiger partial charge in [-0.3, -0.25) is 4.79 Å². The van der Waals surface area contributed by atoms with E-state index in [1.54, 1.807) is 12.1 Å². The topological polar surface area (TPSA) is 55.1 Å². The highest BCUT2D eigenvalue weighted by Crippen LogP contribution is 2.33. The Kier molecular flexibility index (Phi) is 4.10. The molecule has 1 aromatic rings. The number of benzene rings is 1. The number of amides is 1. The first-order valence-electron chi connectivity index (χ1n) is 5.54. The van der Waals surface area contributed by atoms with Gasteiger partial charge in [0.15, 0.2) is 0 Å². The number of hydrogen-bond donors (Lipinski definition) is 2. The lowest BCUT2D eigenvalue weighted by atomic mass is 10.1. The fourth-order valence-corrected chi connectivity index (χ4v) is 2.49. The van der Waals surface area contributed by atoms with Crippen LogP contribution in [0.25, 0.3) is 0 Å². The van der Waals surface area contributed by atoms with Crippen molar-refractivity contribution in [1.82, 2.24) is 5.32 Å². The van der Waals surface area contributed by atoms with E-state index in [4.69, 9.17) is 41.2 Å². The van der Waals surface area contributed by atoms with Crippen molar-refractivity contribution < 1.29 is 4.79 Å². The Morgan fingerprint density at radius 1 is 1.44 bits per heavy atom. The molecule has 1 atom stereocenters. The van der Waals surface area contributed by atoms with E-state index in [-0.39, 0.29) is 11.9 Å². The molecular formula is C12H12Cl2N2OS. The van der Waals surface area contributed by atoms with Gasteiger partial charge in [0.25, 0.3) is 5.91 Å². The summed E-state index contributed by atoms with van der Waals surface area (Å²) >= 11 is 16.7. The Morgan fingerprint density at radius 2 is 2.11 bits per heavy atom. The molecule has 1 fully saturated rings. The van der Waals surface area contributed by atoms with Crippen molar-refractivity contribution in [3.63, 3.8) is 0 Å². The van der Waals surface area contributed by atoms with Crippen LogP contribution in [0, 0.1) is 5.92 Å². The number of carbonyl (C=O) groups is 1. The molecule has 3 nitrogen and oxygen atoms in total. The third kappa shape index (κ3) is 3.13. The molecule has 1 unspecified atom stereocenters. The number of nitrogens with one attached hydrogen (secondary N) is 1. The SMILES string of the molecule is NC(=S)C(NC(=O)c1ccc(Cl)cc1Cl)C1CC1. The van der Waals surface area contributed by atoms with Gasteiger partial charge in [-0.05, 0) is 37.0 Å². The molecule has 1 aliphatic rings. The molecule has 0 heterocycles. The summed E-state index contributed by atoms with van der Waals surface area (Å²) in [6.07, 6.45) is 2.08. The van der Waals surface area contributed by atoms with Crippen molar-refractivity contribution >= 4 is 46.3 Å². The number of hydrogen-bond acceptors (Lipinski definition) is 2. The van der Waals surface area contributed by atoms with Gasteiger partial charge in [0.1, 0.15) is 0 Å². The molecule has 0 bridgehead atoms. The van der Waals surface area contributed by atoms with Crippen molar-refractivity contribution in [2.45, 2.75) is 18.9 Å². The minimum Gasteiger partial charge on any atom is -0.392 e. The molecule has 0 saturated heterocycles. The molecule has 0 spiro atoms. The summed E-state index contributed by atoms with van der Waals surface area (Å²) in [6, 6.07) is 4.49. The van der Waals surface area contributed by atoms with Gasteiger partial charge in [-0.15, -0.1) is 0 Å². The molecule has 18 heavy (non-hydrogen) atoms. The van der Waals surface area contributed by atoms with Gasteiger partial charge in [-0.25, -0.2) is 0 Å². The van der Waals surface area contributed by atoms with Crippen LogP contribution in [0.15, 0.2) is 18.2 Å². The molecule has 1 aliphatic carbocycles. The molecule has 1 amide bonds. The average Bonchev–Trinajstić information content (AvgIpc) is 3.08. The fourth-order valence-electron chi connectivity index (χ4n) is 1.74. The first-order chi connectivity index (χ1) is 8.49. The quantitative estimate of drug-likeness (QED) is 0.841. The molecule has 3 N–H and O–H groups in total. The third-order valence-electron chi connectivity index (χ3n) is 2.86. The lowest BCUT2D eigenvalue weighted by molar-refractivity contribution is 0.0944. The predicted molar refractivity (Wildman–Crippen MR) is 77.2 cm³/mol. The largest absolute Gasteiger partial charge is 0.392 e. The van der Waals surface area contributed by atoms with Gasteiger partial charge in [0.05, 0.1) is 21.6 Å². The van der Waals surface area contributed by atoms with E-state index < -0.39 is 0 Å². The molecule has 1 aromatic carbocycles. The number of halogens is 2. The minimum absolute atomic E-state index is 0.251. The fraction of sp³-hybridized carbons (Fsp3) is 0.333. The van der Waals surface area contributed by atoms with Crippen LogP contribution in [0.3, 0.4) is 0 Å². The van der Waals surface area contributed by atoms with E-state index in [2.05, 4.69) is 5.32 Å². The van der Waals surface area contributed by atoms with Gasteiger partial charge in [-0.1, -0.05) is 35.4 Å². The van der Waals surface area contributed by atoms with Crippen LogP contribution in [-0.4, -0.2) is 16.9 Å². The standard InChI is InChI=1S/C12H12Cl2N2OS/c13-7-3-4-8(9(14)5-7)12(17)16-10(11(15)18)6-1-2-6/h3-6,10H,1-2H2,(H2,15,18)(H,16,17). The molecule has 96 valence electrons. The van der Waals surface area contributed by atoms with Crippen molar-refractivity contribution in [3.8, 4) is 0 Å². The Balaban J connectivity index is 2.13. The second kappa shape index (κ2) is 5.43. The van der Waals surface area contributed by atoms with E-state index in [0.717, 1.165) is 12.8 Å². The maximum absolute atomic E-state index is 12.1. The summed E-state index contributed by atoms with van der Waals surface area (Å²) in [5.41, 5.74) is 6.01. The number of rotatable bonds is 4. The first-order valence-corrected chi connectivity index (χ1v) is 6.70. The second-order valence-corrected chi connectivity index (χ2v) is 5.63. The molecular weight excluding hydrogens is 291 g/mol. The maximum Gasteiger partial charge on any atom is 0.253 e. The summed E-state index contributed by atoms with van der Waals surface area (Å²) in [4.78, 5) is 12.4. The lowest BCUT2D eigenvalue weighted by Gasteiger charge is -2.17. The summed E-state index contributed by atoms with van der Waals surface area (Å²) in [5, 5.41) is 3.63. The molecule has 2 rings (SSSR count). The van der Waals surface area contributed by atoms with Gasteiger partial charge >= 0.3 is 0 Å². The minimum atomic E-state index is -0.277. The Labute approximate surface area is 121 Å². The van der Waals surface area contributed by atoms with Crippen LogP contribution in [0.2, 0.25) is 10.0 Å². The van der Waals surface area contributed by atoms with Crippen LogP contribution < -0.4 is 11.1 Å². The number of carbonyl (C=O) groups excluding carboxylic acids is 1. The first kappa shape index (κ1) is 13.6. The predicted octanol–water partition coefficient (Wildman–Crippen LogP) is 2.79. The van der Waals surface area contributed by atoms with Gasteiger partial charge in [-0.2, -0.15) is 0 Å². The van der Waals surface area contributed by atoms with Crippen LogP contribution in [0.1, 0.15) is 23.2 Å². The maximum atomic E-state index is 12.1. The summed E-state index contributed by atoms with van der Waals surface area (Å²) in [6.45, 7) is 0. The van der Waals surface area contributed by atoms with E-state index in [1.807, 2.05) is 0 Å². The Morgan fingerprint density at radius 3 is 2.61 bits per heavy atom. The average molecular weight is 303 g/mol. The van der Waals surface area contributed by atoms with Gasteiger partial charge in [0.2, 0.25) is 0 Å². The number of thiocarbonyl (C=S) groups is 1. The zero-order chi connectivity index (χ0) is 13.3. The zero-order valence-electron chi connectivity index (χ0n) is 9.45. The van der Waals surface area contributed by atoms with Crippen LogP contribution in [0.4, 0.5) is 0 Å². The Bertz CT molecular complexity index is 503.